The molecule has 112 valence electrons. The summed E-state index contributed by atoms with van der Waals surface area (Å²) >= 11 is 0. The van der Waals surface area contributed by atoms with Gasteiger partial charge in [0.05, 0.1) is 0 Å². The molecule has 0 aliphatic rings. The molecule has 4 nitrogen and oxygen atoms in total. The van der Waals surface area contributed by atoms with Crippen molar-refractivity contribution in [1.29, 1.82) is 0 Å². The Morgan fingerprint density at radius 3 is 2.23 bits per heavy atom. The van der Waals surface area contributed by atoms with Crippen LogP contribution < -0.4 is 0 Å². The lowest BCUT2D eigenvalue weighted by Gasteiger charge is -2.16. The standard InChI is InChI=1S/C18H19N3O/c1-18(2,3)17-20-15(14-10-7-11-19-12-14)16(21(17)22)13-8-5-4-6-9-13/h4-12,22H,1-3H3. The second kappa shape index (κ2) is 5.30. The molecule has 0 saturated heterocycles. The number of pyridine rings is 1. The Kier molecular flexibility index (Phi) is 3.45. The topological polar surface area (TPSA) is 50.9 Å². The van der Waals surface area contributed by atoms with Gasteiger partial charge in [-0.15, -0.1) is 0 Å². The molecule has 2 aromatic heterocycles. The third-order valence-electron chi connectivity index (χ3n) is 3.51. The molecule has 0 radical (unpaired) electrons. The molecular weight excluding hydrogens is 274 g/mol. The molecule has 0 fully saturated rings. The molecule has 22 heavy (non-hydrogen) atoms. The maximum atomic E-state index is 10.7. The van der Waals surface area contributed by atoms with Crippen molar-refractivity contribution in [3.05, 3.63) is 60.7 Å². The van der Waals surface area contributed by atoms with Gasteiger partial charge in [-0.2, -0.15) is 4.73 Å². The molecular formula is C18H19N3O. The Labute approximate surface area is 130 Å². The Morgan fingerprint density at radius 1 is 0.955 bits per heavy atom. The van der Waals surface area contributed by atoms with Crippen molar-refractivity contribution in [3.63, 3.8) is 0 Å². The predicted molar refractivity (Wildman–Crippen MR) is 86.8 cm³/mol. The third-order valence-corrected chi connectivity index (χ3v) is 3.51. The average molecular weight is 293 g/mol. The molecule has 0 saturated carbocycles. The van der Waals surface area contributed by atoms with Gasteiger partial charge in [-0.25, -0.2) is 4.98 Å². The fourth-order valence-electron chi connectivity index (χ4n) is 2.46. The molecule has 0 atom stereocenters. The summed E-state index contributed by atoms with van der Waals surface area (Å²) in [4.78, 5) is 8.87. The summed E-state index contributed by atoms with van der Waals surface area (Å²) < 4.78 is 1.21. The van der Waals surface area contributed by atoms with Gasteiger partial charge in [-0.1, -0.05) is 51.1 Å². The van der Waals surface area contributed by atoms with Crippen LogP contribution in [-0.4, -0.2) is 19.9 Å². The summed E-state index contributed by atoms with van der Waals surface area (Å²) in [5.41, 5.74) is 2.98. The normalized spacial score (nSPS) is 11.6. The van der Waals surface area contributed by atoms with E-state index in [1.165, 1.54) is 4.73 Å². The number of benzene rings is 1. The number of rotatable bonds is 2. The quantitative estimate of drug-likeness (QED) is 0.722. The smallest absolute Gasteiger partial charge is 0.151 e. The Balaban J connectivity index is 2.29. The van der Waals surface area contributed by atoms with E-state index >= 15 is 0 Å². The molecule has 0 amide bonds. The van der Waals surface area contributed by atoms with Crippen molar-refractivity contribution >= 4 is 0 Å². The Morgan fingerprint density at radius 2 is 1.64 bits per heavy atom. The molecule has 1 aromatic carbocycles. The van der Waals surface area contributed by atoms with Crippen LogP contribution in [0.3, 0.4) is 0 Å². The van der Waals surface area contributed by atoms with Crippen LogP contribution in [0.5, 0.6) is 0 Å². The summed E-state index contributed by atoms with van der Waals surface area (Å²) in [6.07, 6.45) is 3.49. The number of nitrogens with zero attached hydrogens (tertiary/aromatic N) is 3. The first-order valence-corrected chi connectivity index (χ1v) is 7.27. The van der Waals surface area contributed by atoms with E-state index in [9.17, 15) is 5.21 Å². The van der Waals surface area contributed by atoms with Crippen LogP contribution in [0.1, 0.15) is 26.6 Å². The highest BCUT2D eigenvalue weighted by Crippen LogP contribution is 2.35. The van der Waals surface area contributed by atoms with Gasteiger partial charge in [0.2, 0.25) is 0 Å². The highest BCUT2D eigenvalue weighted by atomic mass is 16.5. The molecule has 0 bridgehead atoms. The van der Waals surface area contributed by atoms with Crippen LogP contribution in [0.2, 0.25) is 0 Å². The maximum Gasteiger partial charge on any atom is 0.151 e. The van der Waals surface area contributed by atoms with Gasteiger partial charge >= 0.3 is 0 Å². The summed E-state index contributed by atoms with van der Waals surface area (Å²) in [5.74, 6) is 0.630. The molecule has 0 spiro atoms. The SMILES string of the molecule is CC(C)(C)c1nc(-c2cccnc2)c(-c2ccccc2)n1O. The largest absolute Gasteiger partial charge is 0.427 e. The predicted octanol–water partition coefficient (Wildman–Crippen LogP) is 4.15. The second-order valence-corrected chi connectivity index (χ2v) is 6.30. The molecule has 0 unspecified atom stereocenters. The van der Waals surface area contributed by atoms with E-state index in [1.807, 2.05) is 63.2 Å². The second-order valence-electron chi connectivity index (χ2n) is 6.30. The lowest BCUT2D eigenvalue weighted by Crippen LogP contribution is -2.18. The Hall–Kier alpha value is -2.62. The number of hydrogen-bond acceptors (Lipinski definition) is 3. The number of imidazole rings is 1. The van der Waals surface area contributed by atoms with E-state index in [2.05, 4.69) is 4.98 Å². The van der Waals surface area contributed by atoms with Gasteiger partial charge in [-0.05, 0) is 12.1 Å². The summed E-state index contributed by atoms with van der Waals surface area (Å²) in [7, 11) is 0. The van der Waals surface area contributed by atoms with Crippen molar-refractivity contribution in [3.8, 4) is 22.5 Å². The summed E-state index contributed by atoms with van der Waals surface area (Å²) in [6, 6.07) is 13.6. The molecule has 0 aliphatic heterocycles. The van der Waals surface area contributed by atoms with Crippen molar-refractivity contribution in [2.45, 2.75) is 26.2 Å². The van der Waals surface area contributed by atoms with E-state index in [-0.39, 0.29) is 5.41 Å². The fraction of sp³-hybridized carbons (Fsp3) is 0.222. The first kappa shape index (κ1) is 14.3. The number of hydrogen-bond donors (Lipinski definition) is 1. The van der Waals surface area contributed by atoms with E-state index in [0.717, 1.165) is 16.8 Å². The fourth-order valence-corrected chi connectivity index (χ4v) is 2.46. The lowest BCUT2D eigenvalue weighted by atomic mass is 9.96. The monoisotopic (exact) mass is 293 g/mol. The minimum atomic E-state index is -0.265. The molecule has 3 aromatic rings. The summed E-state index contributed by atoms with van der Waals surface area (Å²) in [5, 5.41) is 10.7. The van der Waals surface area contributed by atoms with Gasteiger partial charge < -0.3 is 5.21 Å². The molecule has 2 heterocycles. The van der Waals surface area contributed by atoms with Crippen molar-refractivity contribution in [2.75, 3.05) is 0 Å². The lowest BCUT2D eigenvalue weighted by molar-refractivity contribution is 0.168. The van der Waals surface area contributed by atoms with Crippen LogP contribution in [0.4, 0.5) is 0 Å². The zero-order valence-corrected chi connectivity index (χ0v) is 13.0. The highest BCUT2D eigenvalue weighted by Gasteiger charge is 2.27. The van der Waals surface area contributed by atoms with Gasteiger partial charge in [0.15, 0.2) is 5.82 Å². The number of aromatic nitrogens is 3. The van der Waals surface area contributed by atoms with Crippen LogP contribution >= 0.6 is 0 Å². The molecule has 0 aliphatic carbocycles. The Bertz CT molecular complexity index is 771. The van der Waals surface area contributed by atoms with Crippen LogP contribution in [0.15, 0.2) is 54.9 Å². The van der Waals surface area contributed by atoms with Gasteiger partial charge in [0.25, 0.3) is 0 Å². The van der Waals surface area contributed by atoms with E-state index in [4.69, 9.17) is 4.98 Å². The molecule has 3 rings (SSSR count). The van der Waals surface area contributed by atoms with Crippen LogP contribution in [-0.2, 0) is 5.41 Å². The zero-order chi connectivity index (χ0) is 15.7. The first-order valence-electron chi connectivity index (χ1n) is 7.27. The molecule has 1 N–H and O–H groups in total. The van der Waals surface area contributed by atoms with Gasteiger partial charge in [-0.3, -0.25) is 4.98 Å². The van der Waals surface area contributed by atoms with Crippen molar-refractivity contribution in [1.82, 2.24) is 14.7 Å². The average Bonchev–Trinajstić information content (AvgIpc) is 2.86. The summed E-state index contributed by atoms with van der Waals surface area (Å²) in [6.45, 7) is 6.09. The van der Waals surface area contributed by atoms with Crippen molar-refractivity contribution < 1.29 is 5.21 Å². The maximum absolute atomic E-state index is 10.7. The van der Waals surface area contributed by atoms with E-state index in [0.29, 0.717) is 11.5 Å². The van der Waals surface area contributed by atoms with E-state index in [1.54, 1.807) is 12.4 Å². The minimum absolute atomic E-state index is 0.265. The highest BCUT2D eigenvalue weighted by molar-refractivity contribution is 5.78. The first-order chi connectivity index (χ1) is 10.5. The van der Waals surface area contributed by atoms with Crippen molar-refractivity contribution in [2.24, 2.45) is 0 Å². The third kappa shape index (κ3) is 2.48. The van der Waals surface area contributed by atoms with E-state index < -0.39 is 0 Å². The minimum Gasteiger partial charge on any atom is -0.427 e. The molecule has 4 heteroatoms. The van der Waals surface area contributed by atoms with Crippen LogP contribution in [0, 0.1) is 0 Å². The van der Waals surface area contributed by atoms with Crippen LogP contribution in [0.25, 0.3) is 22.5 Å². The van der Waals surface area contributed by atoms with Gasteiger partial charge in [0, 0.05) is 28.9 Å². The van der Waals surface area contributed by atoms with Gasteiger partial charge in [0.1, 0.15) is 11.4 Å². The zero-order valence-electron chi connectivity index (χ0n) is 13.0.